The van der Waals surface area contributed by atoms with E-state index in [1.165, 1.54) is 12.1 Å². The molecule has 30 heavy (non-hydrogen) atoms. The highest BCUT2D eigenvalue weighted by Gasteiger charge is 2.30. The smallest absolute Gasteiger partial charge is 0.385 e. The molecule has 0 spiro atoms. The molecule has 0 unspecified atom stereocenters. The van der Waals surface area contributed by atoms with Gasteiger partial charge in [0.05, 0.1) is 5.56 Å². The van der Waals surface area contributed by atoms with E-state index in [0.717, 1.165) is 61.5 Å². The lowest BCUT2D eigenvalue weighted by molar-refractivity contribution is -0.137. The number of rotatable bonds is 7. The van der Waals surface area contributed by atoms with Crippen LogP contribution < -0.4 is 5.32 Å². The van der Waals surface area contributed by atoms with Gasteiger partial charge in [0.25, 0.3) is 5.91 Å². The first kappa shape index (κ1) is 22.5. The summed E-state index contributed by atoms with van der Waals surface area (Å²) in [5.41, 5.74) is 0.646. The lowest BCUT2D eigenvalue weighted by Crippen LogP contribution is -2.38. The molecule has 0 radical (unpaired) electrons. The lowest BCUT2D eigenvalue weighted by atomic mass is 9.91. The Morgan fingerprint density at radius 1 is 1.00 bits per heavy atom. The van der Waals surface area contributed by atoms with Crippen LogP contribution in [0.4, 0.5) is 18.9 Å². The zero-order valence-electron chi connectivity index (χ0n) is 16.7. The Morgan fingerprint density at radius 3 is 2.23 bits per heavy atom. The van der Waals surface area contributed by atoms with E-state index >= 15 is 0 Å². The first-order chi connectivity index (χ1) is 14.3. The minimum Gasteiger partial charge on any atom is -0.385 e. The molecule has 1 saturated heterocycles. The highest BCUT2D eigenvalue weighted by Crippen LogP contribution is 2.30. The molecular formula is C23H26ClF3N2O. The molecule has 2 aromatic rings. The van der Waals surface area contributed by atoms with E-state index in [9.17, 15) is 18.0 Å². The van der Waals surface area contributed by atoms with Gasteiger partial charge in [-0.15, -0.1) is 0 Å². The maximum absolute atomic E-state index is 12.7. The van der Waals surface area contributed by atoms with Gasteiger partial charge in [-0.3, -0.25) is 4.79 Å². The standard InChI is InChI=1S/C23H26ClF3N2O/c24-20-8-10-21(11-9-20)28-14-2-1-3-17-12-15-29(16-13-17)22(30)18-4-6-19(7-5-18)23(25,26)27/h4-11,17,28H,1-3,12-16H2. The zero-order chi connectivity index (χ0) is 21.6. The molecule has 1 amide bonds. The molecule has 0 bridgehead atoms. The molecule has 162 valence electrons. The number of likely N-dealkylation sites (tertiary alicyclic amines) is 1. The van der Waals surface area contributed by atoms with E-state index in [4.69, 9.17) is 11.6 Å². The number of halogens is 4. The summed E-state index contributed by atoms with van der Waals surface area (Å²) in [4.78, 5) is 14.3. The van der Waals surface area contributed by atoms with Crippen molar-refractivity contribution in [2.45, 2.75) is 38.3 Å². The van der Waals surface area contributed by atoms with Crippen molar-refractivity contribution >= 4 is 23.2 Å². The number of carbonyl (C=O) groups excluding carboxylic acids is 1. The maximum atomic E-state index is 12.7. The van der Waals surface area contributed by atoms with E-state index < -0.39 is 11.7 Å². The molecule has 0 atom stereocenters. The fourth-order valence-corrected chi connectivity index (χ4v) is 3.89. The van der Waals surface area contributed by atoms with Crippen LogP contribution in [0, 0.1) is 5.92 Å². The van der Waals surface area contributed by atoms with Gasteiger partial charge in [-0.1, -0.05) is 24.4 Å². The molecule has 3 rings (SSSR count). The van der Waals surface area contributed by atoms with Gasteiger partial charge in [-0.25, -0.2) is 0 Å². The monoisotopic (exact) mass is 438 g/mol. The first-order valence-electron chi connectivity index (χ1n) is 10.3. The second-order valence-electron chi connectivity index (χ2n) is 7.74. The molecule has 1 fully saturated rings. The number of hydrogen-bond acceptors (Lipinski definition) is 2. The highest BCUT2D eigenvalue weighted by molar-refractivity contribution is 6.30. The topological polar surface area (TPSA) is 32.3 Å². The number of hydrogen-bond donors (Lipinski definition) is 1. The van der Waals surface area contributed by atoms with E-state index in [1.54, 1.807) is 4.90 Å². The van der Waals surface area contributed by atoms with Crippen LogP contribution in [0.5, 0.6) is 0 Å². The number of nitrogens with one attached hydrogen (secondary N) is 1. The third-order valence-electron chi connectivity index (χ3n) is 5.57. The van der Waals surface area contributed by atoms with Gasteiger partial charge in [0.2, 0.25) is 0 Å². The Balaban J connectivity index is 1.35. The highest BCUT2D eigenvalue weighted by atomic mass is 35.5. The number of carbonyl (C=O) groups is 1. The van der Waals surface area contributed by atoms with Crippen LogP contribution in [0.2, 0.25) is 5.02 Å². The van der Waals surface area contributed by atoms with Crippen molar-refractivity contribution in [2.75, 3.05) is 25.0 Å². The zero-order valence-corrected chi connectivity index (χ0v) is 17.5. The maximum Gasteiger partial charge on any atom is 0.416 e. The van der Waals surface area contributed by atoms with Gasteiger partial charge in [0.15, 0.2) is 0 Å². The molecule has 1 heterocycles. The van der Waals surface area contributed by atoms with E-state index in [-0.39, 0.29) is 5.91 Å². The van der Waals surface area contributed by atoms with Crippen molar-refractivity contribution in [3.05, 3.63) is 64.7 Å². The summed E-state index contributed by atoms with van der Waals surface area (Å²) >= 11 is 5.88. The quantitative estimate of drug-likeness (QED) is 0.501. The summed E-state index contributed by atoms with van der Waals surface area (Å²) in [6, 6.07) is 12.1. The Labute approximate surface area is 180 Å². The molecule has 1 N–H and O–H groups in total. The lowest BCUT2D eigenvalue weighted by Gasteiger charge is -2.32. The second-order valence-corrected chi connectivity index (χ2v) is 8.18. The second kappa shape index (κ2) is 10.2. The first-order valence-corrected chi connectivity index (χ1v) is 10.7. The number of nitrogens with zero attached hydrogens (tertiary/aromatic N) is 1. The minimum atomic E-state index is -4.38. The van der Waals surface area contributed by atoms with Crippen LogP contribution in [0.3, 0.4) is 0 Å². The molecule has 0 aliphatic carbocycles. The number of anilines is 1. The third-order valence-corrected chi connectivity index (χ3v) is 5.83. The molecule has 7 heteroatoms. The normalized spacial score (nSPS) is 15.3. The fourth-order valence-electron chi connectivity index (χ4n) is 3.77. The van der Waals surface area contributed by atoms with Crippen molar-refractivity contribution in [1.82, 2.24) is 4.90 Å². The molecule has 0 aromatic heterocycles. The van der Waals surface area contributed by atoms with Crippen LogP contribution >= 0.6 is 11.6 Å². The van der Waals surface area contributed by atoms with Crippen LogP contribution in [0.1, 0.15) is 48.0 Å². The minimum absolute atomic E-state index is 0.186. The van der Waals surface area contributed by atoms with Crippen molar-refractivity contribution in [2.24, 2.45) is 5.92 Å². The molecule has 2 aromatic carbocycles. The van der Waals surface area contributed by atoms with E-state index in [1.807, 2.05) is 24.3 Å². The largest absolute Gasteiger partial charge is 0.416 e. The Hall–Kier alpha value is -2.21. The molecule has 3 nitrogen and oxygen atoms in total. The summed E-state index contributed by atoms with van der Waals surface area (Å²) in [5, 5.41) is 4.11. The predicted octanol–water partition coefficient (Wildman–Crippen LogP) is 6.49. The average Bonchev–Trinajstić information content (AvgIpc) is 2.74. The average molecular weight is 439 g/mol. The van der Waals surface area contributed by atoms with Crippen LogP contribution in [-0.4, -0.2) is 30.4 Å². The van der Waals surface area contributed by atoms with Gasteiger partial charge in [0, 0.05) is 35.9 Å². The van der Waals surface area contributed by atoms with Gasteiger partial charge in [-0.2, -0.15) is 13.2 Å². The summed E-state index contributed by atoms with van der Waals surface area (Å²) in [7, 11) is 0. The Bertz CT molecular complexity index is 814. The Kier molecular flexibility index (Phi) is 7.64. The van der Waals surface area contributed by atoms with E-state index in [2.05, 4.69) is 5.32 Å². The van der Waals surface area contributed by atoms with Gasteiger partial charge >= 0.3 is 6.18 Å². The number of amides is 1. The molecule has 1 aliphatic rings. The van der Waals surface area contributed by atoms with Crippen LogP contribution in [0.25, 0.3) is 0 Å². The van der Waals surface area contributed by atoms with Crippen LogP contribution in [-0.2, 0) is 6.18 Å². The van der Waals surface area contributed by atoms with Crippen molar-refractivity contribution in [3.63, 3.8) is 0 Å². The third kappa shape index (κ3) is 6.39. The molecule has 1 aliphatic heterocycles. The number of benzene rings is 2. The van der Waals surface area contributed by atoms with Crippen LogP contribution in [0.15, 0.2) is 48.5 Å². The molecular weight excluding hydrogens is 413 g/mol. The van der Waals surface area contributed by atoms with Gasteiger partial charge in [0.1, 0.15) is 0 Å². The molecule has 0 saturated carbocycles. The summed E-state index contributed by atoms with van der Waals surface area (Å²) in [5.74, 6) is 0.409. The fraction of sp³-hybridized carbons (Fsp3) is 0.435. The van der Waals surface area contributed by atoms with Crippen molar-refractivity contribution in [3.8, 4) is 0 Å². The number of unbranched alkanes of at least 4 members (excludes halogenated alkanes) is 1. The summed E-state index contributed by atoms with van der Waals surface area (Å²) < 4.78 is 38.0. The van der Waals surface area contributed by atoms with Crippen molar-refractivity contribution < 1.29 is 18.0 Å². The van der Waals surface area contributed by atoms with Gasteiger partial charge < -0.3 is 10.2 Å². The number of alkyl halides is 3. The summed E-state index contributed by atoms with van der Waals surface area (Å²) in [6.07, 6.45) is 0.828. The SMILES string of the molecule is O=C(c1ccc(C(F)(F)F)cc1)N1CCC(CCCCNc2ccc(Cl)cc2)CC1. The predicted molar refractivity (Wildman–Crippen MR) is 114 cm³/mol. The van der Waals surface area contributed by atoms with E-state index in [0.29, 0.717) is 24.6 Å². The summed E-state index contributed by atoms with van der Waals surface area (Å²) in [6.45, 7) is 2.23. The number of piperidine rings is 1. The Morgan fingerprint density at radius 2 is 1.63 bits per heavy atom. The van der Waals surface area contributed by atoms with Gasteiger partial charge in [-0.05, 0) is 73.7 Å². The van der Waals surface area contributed by atoms with Crippen molar-refractivity contribution in [1.29, 1.82) is 0 Å².